The van der Waals surface area contributed by atoms with Gasteiger partial charge in [-0.1, -0.05) is 18.2 Å². The second kappa shape index (κ2) is 11.8. The molecule has 2 rings (SSSR count). The van der Waals surface area contributed by atoms with E-state index < -0.39 is 6.10 Å². The first-order valence-electron chi connectivity index (χ1n) is 10.0. The van der Waals surface area contributed by atoms with Crippen LogP contribution in [0, 0.1) is 5.82 Å². The topological polar surface area (TPSA) is 54.0 Å². The number of aliphatic hydroxyl groups excluding tert-OH is 1. The number of hydrogen-bond acceptors (Lipinski definition) is 5. The number of methoxy groups -OCH3 is 1. The molecule has 0 saturated carbocycles. The van der Waals surface area contributed by atoms with Crippen molar-refractivity contribution in [3.05, 3.63) is 59.4 Å². The normalized spacial score (nSPS) is 12.4. The molecule has 2 aromatic carbocycles. The number of ether oxygens (including phenoxy) is 2. The van der Waals surface area contributed by atoms with Crippen molar-refractivity contribution in [2.75, 3.05) is 33.9 Å². The van der Waals surface area contributed by atoms with Crippen molar-refractivity contribution in [1.29, 1.82) is 0 Å². The van der Waals surface area contributed by atoms with Gasteiger partial charge in [0, 0.05) is 19.1 Å². The molecule has 0 aliphatic heterocycles. The van der Waals surface area contributed by atoms with Gasteiger partial charge in [0.25, 0.3) is 0 Å². The maximum atomic E-state index is 13.2. The number of aliphatic hydroxyl groups is 1. The fraction of sp³-hybridized carbons (Fsp3) is 0.478. The summed E-state index contributed by atoms with van der Waals surface area (Å²) in [4.78, 5) is 2.07. The van der Waals surface area contributed by atoms with Crippen LogP contribution in [-0.4, -0.2) is 56.0 Å². The number of rotatable bonds is 12. The van der Waals surface area contributed by atoms with E-state index in [0.29, 0.717) is 30.6 Å². The van der Waals surface area contributed by atoms with Gasteiger partial charge in [0.2, 0.25) is 0 Å². The minimum Gasteiger partial charge on any atom is -0.493 e. The lowest BCUT2D eigenvalue weighted by Crippen LogP contribution is -2.37. The highest BCUT2D eigenvalue weighted by atomic mass is 19.1. The zero-order chi connectivity index (χ0) is 21.2. The molecule has 0 heterocycles. The number of benzene rings is 2. The maximum absolute atomic E-state index is 13.2. The Bertz CT molecular complexity index is 755. The van der Waals surface area contributed by atoms with Crippen LogP contribution in [0.5, 0.6) is 11.5 Å². The molecule has 0 spiro atoms. The smallest absolute Gasteiger partial charge is 0.161 e. The molecule has 2 aromatic rings. The van der Waals surface area contributed by atoms with Crippen LogP contribution in [0.25, 0.3) is 0 Å². The number of likely N-dealkylation sites (N-methyl/N-ethyl adjacent to an activating group) is 1. The summed E-state index contributed by atoms with van der Waals surface area (Å²) in [7, 11) is 3.58. The van der Waals surface area contributed by atoms with Gasteiger partial charge in [-0.15, -0.1) is 0 Å². The van der Waals surface area contributed by atoms with Crippen LogP contribution >= 0.6 is 0 Å². The zero-order valence-corrected chi connectivity index (χ0v) is 17.8. The van der Waals surface area contributed by atoms with E-state index in [1.54, 1.807) is 19.2 Å². The average Bonchev–Trinajstić information content (AvgIpc) is 2.69. The molecule has 6 heteroatoms. The number of nitrogens with zero attached hydrogens (tertiary/aromatic N) is 1. The van der Waals surface area contributed by atoms with Crippen LogP contribution in [-0.2, 0) is 13.0 Å². The third-order valence-electron chi connectivity index (χ3n) is 4.85. The van der Waals surface area contributed by atoms with Crippen molar-refractivity contribution >= 4 is 0 Å². The molecule has 29 heavy (non-hydrogen) atoms. The predicted molar refractivity (Wildman–Crippen MR) is 114 cm³/mol. The molecule has 0 aromatic heterocycles. The van der Waals surface area contributed by atoms with Crippen molar-refractivity contribution in [1.82, 2.24) is 10.2 Å². The highest BCUT2D eigenvalue weighted by Gasteiger charge is 2.13. The van der Waals surface area contributed by atoms with Crippen molar-refractivity contribution in [2.45, 2.75) is 39.0 Å². The van der Waals surface area contributed by atoms with E-state index in [1.165, 1.54) is 6.07 Å². The van der Waals surface area contributed by atoms with Gasteiger partial charge in [-0.2, -0.15) is 0 Å². The third-order valence-corrected chi connectivity index (χ3v) is 4.85. The van der Waals surface area contributed by atoms with Crippen LogP contribution < -0.4 is 14.8 Å². The molecule has 0 aliphatic carbocycles. The highest BCUT2D eigenvalue weighted by molar-refractivity contribution is 5.43. The number of hydrogen-bond donors (Lipinski definition) is 2. The lowest BCUT2D eigenvalue weighted by molar-refractivity contribution is 0.0668. The Kier molecular flexibility index (Phi) is 9.38. The Labute approximate surface area is 173 Å². The van der Waals surface area contributed by atoms with Gasteiger partial charge >= 0.3 is 0 Å². The van der Waals surface area contributed by atoms with Crippen molar-refractivity contribution in [3.8, 4) is 11.5 Å². The molecular weight excluding hydrogens is 371 g/mol. The summed E-state index contributed by atoms with van der Waals surface area (Å²) in [5.41, 5.74) is 2.02. The van der Waals surface area contributed by atoms with Gasteiger partial charge in [-0.25, -0.2) is 4.39 Å². The Morgan fingerprint density at radius 3 is 2.59 bits per heavy atom. The molecule has 0 bridgehead atoms. The minimum absolute atomic E-state index is 0.198. The molecule has 160 valence electrons. The fourth-order valence-electron chi connectivity index (χ4n) is 2.88. The zero-order valence-electron chi connectivity index (χ0n) is 17.8. The molecule has 0 unspecified atom stereocenters. The Hall–Kier alpha value is -2.15. The Morgan fingerprint density at radius 2 is 1.90 bits per heavy atom. The summed E-state index contributed by atoms with van der Waals surface area (Å²) < 4.78 is 24.4. The van der Waals surface area contributed by atoms with E-state index in [2.05, 4.69) is 24.1 Å². The largest absolute Gasteiger partial charge is 0.493 e. The van der Waals surface area contributed by atoms with Crippen molar-refractivity contribution in [3.63, 3.8) is 0 Å². The molecule has 5 nitrogen and oxygen atoms in total. The van der Waals surface area contributed by atoms with E-state index in [0.717, 1.165) is 24.1 Å². The van der Waals surface area contributed by atoms with Gasteiger partial charge < -0.3 is 24.8 Å². The molecule has 0 aliphatic rings. The van der Waals surface area contributed by atoms with E-state index >= 15 is 0 Å². The standard InChI is InChI=1S/C23H33FN2O3/c1-17(2)26(3)15-21(27)16-29-23-13-19(8-9-22(23)28-4)14-25-11-10-18-6-5-7-20(24)12-18/h5-9,12-13,17,21,25,27H,10-11,14-16H2,1-4H3/t21-/m1/s1. The first-order chi connectivity index (χ1) is 13.9. The van der Waals surface area contributed by atoms with Crippen molar-refractivity contribution in [2.24, 2.45) is 0 Å². The molecule has 2 N–H and O–H groups in total. The van der Waals surface area contributed by atoms with Gasteiger partial charge in [-0.05, 0) is 69.3 Å². The monoisotopic (exact) mass is 404 g/mol. The second-order valence-electron chi connectivity index (χ2n) is 7.54. The molecule has 0 amide bonds. The summed E-state index contributed by atoms with van der Waals surface area (Å²) >= 11 is 0. The van der Waals surface area contributed by atoms with E-state index in [4.69, 9.17) is 9.47 Å². The first kappa shape index (κ1) is 23.1. The summed E-state index contributed by atoms with van der Waals surface area (Å²) in [6.07, 6.45) is 0.174. The predicted octanol–water partition coefficient (Wildman–Crippen LogP) is 3.25. The molecule has 0 radical (unpaired) electrons. The van der Waals surface area contributed by atoms with Crippen LogP contribution in [0.2, 0.25) is 0 Å². The van der Waals surface area contributed by atoms with E-state index in [9.17, 15) is 9.50 Å². The Balaban J connectivity index is 1.85. The summed E-state index contributed by atoms with van der Waals surface area (Å²) in [5.74, 6) is 1.04. The van der Waals surface area contributed by atoms with E-state index in [1.807, 2.05) is 31.3 Å². The summed E-state index contributed by atoms with van der Waals surface area (Å²) in [6, 6.07) is 12.8. The van der Waals surface area contributed by atoms with Crippen LogP contribution in [0.3, 0.4) is 0 Å². The number of halogens is 1. The lowest BCUT2D eigenvalue weighted by Gasteiger charge is -2.24. The SMILES string of the molecule is COc1ccc(CNCCc2cccc(F)c2)cc1OC[C@H](O)CN(C)C(C)C. The van der Waals surface area contributed by atoms with E-state index in [-0.39, 0.29) is 12.4 Å². The van der Waals surface area contributed by atoms with Crippen LogP contribution in [0.4, 0.5) is 4.39 Å². The number of nitrogens with one attached hydrogen (secondary N) is 1. The molecule has 0 saturated heterocycles. The van der Waals surface area contributed by atoms with Gasteiger partial charge in [0.05, 0.1) is 7.11 Å². The quantitative estimate of drug-likeness (QED) is 0.532. The minimum atomic E-state index is -0.583. The molecule has 0 fully saturated rings. The van der Waals surface area contributed by atoms with Gasteiger partial charge in [0.15, 0.2) is 11.5 Å². The highest BCUT2D eigenvalue weighted by Crippen LogP contribution is 2.28. The van der Waals surface area contributed by atoms with Gasteiger partial charge in [-0.3, -0.25) is 0 Å². The van der Waals surface area contributed by atoms with Crippen LogP contribution in [0.1, 0.15) is 25.0 Å². The molecule has 1 atom stereocenters. The Morgan fingerprint density at radius 1 is 1.10 bits per heavy atom. The summed E-state index contributed by atoms with van der Waals surface area (Å²) in [5, 5.41) is 13.6. The lowest BCUT2D eigenvalue weighted by atomic mass is 10.1. The average molecular weight is 405 g/mol. The van der Waals surface area contributed by atoms with Crippen molar-refractivity contribution < 1.29 is 19.0 Å². The maximum Gasteiger partial charge on any atom is 0.161 e. The fourth-order valence-corrected chi connectivity index (χ4v) is 2.88. The summed E-state index contributed by atoms with van der Waals surface area (Å²) in [6.45, 7) is 6.31. The van der Waals surface area contributed by atoms with Crippen LogP contribution in [0.15, 0.2) is 42.5 Å². The third kappa shape index (κ3) is 8.01. The first-order valence-corrected chi connectivity index (χ1v) is 10.0. The molecular formula is C23H33FN2O3. The van der Waals surface area contributed by atoms with Gasteiger partial charge in [0.1, 0.15) is 18.5 Å². The second-order valence-corrected chi connectivity index (χ2v) is 7.54.